The molecule has 0 spiro atoms. The van der Waals surface area contributed by atoms with Gasteiger partial charge in [-0.1, -0.05) is 28.1 Å². The maximum Gasteiger partial charge on any atom is 0.261 e. The molecule has 16 heavy (non-hydrogen) atoms. The van der Waals surface area contributed by atoms with Crippen LogP contribution in [-0.2, 0) is 0 Å². The van der Waals surface area contributed by atoms with Crippen LogP contribution in [-0.4, -0.2) is 22.0 Å². The minimum absolute atomic E-state index is 0.213. The molecule has 2 rings (SSSR count). The van der Waals surface area contributed by atoms with E-state index in [0.29, 0.717) is 11.1 Å². The zero-order valence-corrected chi connectivity index (χ0v) is 10.2. The van der Waals surface area contributed by atoms with Gasteiger partial charge in [-0.3, -0.25) is 14.5 Å². The molecule has 0 fully saturated rings. The second-order valence-electron chi connectivity index (χ2n) is 3.54. The highest BCUT2D eigenvalue weighted by atomic mass is 79.9. The second kappa shape index (κ2) is 4.78. The van der Waals surface area contributed by atoms with Gasteiger partial charge in [-0.15, -0.1) is 0 Å². The van der Waals surface area contributed by atoms with Crippen molar-refractivity contribution in [3.63, 3.8) is 0 Å². The van der Waals surface area contributed by atoms with E-state index in [0.717, 1.165) is 18.2 Å². The summed E-state index contributed by atoms with van der Waals surface area (Å²) in [6.07, 6.45) is 1.63. The Labute approximate surface area is 103 Å². The van der Waals surface area contributed by atoms with E-state index in [2.05, 4.69) is 15.9 Å². The number of rotatable bonds is 4. The van der Waals surface area contributed by atoms with Gasteiger partial charge in [-0.2, -0.15) is 0 Å². The third kappa shape index (κ3) is 1.89. The number of unbranched alkanes of at least 4 members (excludes halogenated alkanes) is 1. The Morgan fingerprint density at radius 2 is 1.69 bits per heavy atom. The molecular weight excluding hydrogens is 270 g/mol. The van der Waals surface area contributed by atoms with Crippen molar-refractivity contribution in [1.82, 2.24) is 4.90 Å². The molecule has 1 aliphatic rings. The van der Waals surface area contributed by atoms with Crippen LogP contribution in [0.15, 0.2) is 24.3 Å². The molecule has 3 nitrogen and oxygen atoms in total. The lowest BCUT2D eigenvalue weighted by Gasteiger charge is -2.11. The summed E-state index contributed by atoms with van der Waals surface area (Å²) >= 11 is 3.31. The average molecular weight is 281 g/mol. The summed E-state index contributed by atoms with van der Waals surface area (Å²) in [5, 5.41) is 0.868. The van der Waals surface area contributed by atoms with Crippen LogP contribution in [0.2, 0.25) is 0 Å². The maximum absolute atomic E-state index is 11.9. The lowest BCUT2D eigenvalue weighted by Crippen LogP contribution is -2.26. The number of carbonyl (C=O) groups excluding carboxylic acids is 2. The van der Waals surface area contributed by atoms with E-state index in [1.54, 1.807) is 30.8 Å². The van der Waals surface area contributed by atoms with Crippen molar-refractivity contribution >= 4 is 27.7 Å². The summed E-state index contributed by atoms with van der Waals surface area (Å²) in [5.74, 6) is -0.426. The van der Waals surface area contributed by atoms with E-state index in [4.69, 9.17) is 0 Å². The molecule has 1 aliphatic heterocycles. The first-order valence-electron chi connectivity index (χ1n) is 5.12. The molecule has 4 heteroatoms. The van der Waals surface area contributed by atoms with Gasteiger partial charge in [0.25, 0.3) is 11.8 Å². The molecule has 0 saturated heterocycles. The molecular formula is C12H11BrNO2. The number of carbonyl (C=O) groups is 2. The quantitative estimate of drug-likeness (QED) is 0.483. The van der Waals surface area contributed by atoms with Crippen molar-refractivity contribution in [2.75, 3.05) is 5.33 Å². The number of fused-ring (bicyclic) bond motifs is 1. The number of benzene rings is 1. The van der Waals surface area contributed by atoms with Crippen LogP contribution in [0.1, 0.15) is 33.6 Å². The van der Waals surface area contributed by atoms with Crippen molar-refractivity contribution in [3.05, 3.63) is 41.9 Å². The number of amides is 2. The second-order valence-corrected chi connectivity index (χ2v) is 4.33. The summed E-state index contributed by atoms with van der Waals surface area (Å²) in [5.41, 5.74) is 1.00. The van der Waals surface area contributed by atoms with Crippen LogP contribution in [0.3, 0.4) is 0 Å². The number of alkyl halides is 1. The molecule has 83 valence electrons. The Bertz CT molecular complexity index is 396. The largest absolute Gasteiger partial charge is 0.269 e. The van der Waals surface area contributed by atoms with Gasteiger partial charge in [0, 0.05) is 5.33 Å². The van der Waals surface area contributed by atoms with Crippen molar-refractivity contribution < 1.29 is 9.59 Å². The lowest BCUT2D eigenvalue weighted by molar-refractivity contribution is 0.0692. The Hall–Kier alpha value is -1.16. The number of hydrogen-bond acceptors (Lipinski definition) is 2. The molecule has 2 amide bonds. The molecule has 0 aromatic heterocycles. The van der Waals surface area contributed by atoms with E-state index in [1.807, 2.05) is 0 Å². The molecule has 0 saturated carbocycles. The van der Waals surface area contributed by atoms with Crippen LogP contribution in [0.5, 0.6) is 0 Å². The van der Waals surface area contributed by atoms with Crippen molar-refractivity contribution in [3.8, 4) is 0 Å². The van der Waals surface area contributed by atoms with Gasteiger partial charge in [0.1, 0.15) is 0 Å². The number of hydrogen-bond donors (Lipinski definition) is 0. The van der Waals surface area contributed by atoms with Crippen LogP contribution in [0.25, 0.3) is 0 Å². The molecule has 0 atom stereocenters. The number of nitrogens with zero attached hydrogens (tertiary/aromatic N) is 1. The fourth-order valence-corrected chi connectivity index (χ4v) is 1.99. The Balaban J connectivity index is 2.15. The van der Waals surface area contributed by atoms with Crippen LogP contribution < -0.4 is 0 Å². The summed E-state index contributed by atoms with van der Waals surface area (Å²) in [7, 11) is 0. The summed E-state index contributed by atoms with van der Waals surface area (Å²) in [6.45, 7) is 1.67. The first-order chi connectivity index (χ1) is 7.75. The topological polar surface area (TPSA) is 37.4 Å². The standard InChI is InChI=1S/C12H11BrNO2/c13-7-3-4-8-14-11(15)9-5-1-2-6-10(9)12(14)16/h1-2,5-6,8H,3-4,7H2. The zero-order chi connectivity index (χ0) is 11.5. The summed E-state index contributed by atoms with van der Waals surface area (Å²) in [6, 6.07) is 6.92. The highest BCUT2D eigenvalue weighted by Crippen LogP contribution is 2.24. The van der Waals surface area contributed by atoms with E-state index in [1.165, 1.54) is 4.90 Å². The predicted molar refractivity (Wildman–Crippen MR) is 64.3 cm³/mol. The SMILES string of the molecule is O=C1c2ccccc2C(=O)N1[CH]CCCBr. The third-order valence-electron chi connectivity index (χ3n) is 2.47. The van der Waals surface area contributed by atoms with Crippen molar-refractivity contribution in [2.45, 2.75) is 12.8 Å². The molecule has 0 bridgehead atoms. The van der Waals surface area contributed by atoms with Crippen LogP contribution in [0.4, 0.5) is 0 Å². The van der Waals surface area contributed by atoms with Gasteiger partial charge in [0.15, 0.2) is 0 Å². The molecule has 1 heterocycles. The molecule has 1 aromatic rings. The minimum Gasteiger partial charge on any atom is -0.269 e. The molecule has 1 aromatic carbocycles. The highest BCUT2D eigenvalue weighted by Gasteiger charge is 2.34. The average Bonchev–Trinajstić information content (AvgIpc) is 2.55. The molecule has 0 N–H and O–H groups in total. The fourth-order valence-electron chi connectivity index (χ4n) is 1.67. The van der Waals surface area contributed by atoms with Gasteiger partial charge in [0.2, 0.25) is 0 Å². The van der Waals surface area contributed by atoms with Crippen molar-refractivity contribution in [2.24, 2.45) is 0 Å². The van der Waals surface area contributed by atoms with Gasteiger partial charge in [0.05, 0.1) is 17.7 Å². The van der Waals surface area contributed by atoms with Crippen LogP contribution in [0, 0.1) is 6.54 Å². The monoisotopic (exact) mass is 280 g/mol. The Kier molecular flexibility index (Phi) is 3.39. The summed E-state index contributed by atoms with van der Waals surface area (Å²) in [4.78, 5) is 24.9. The molecule has 1 radical (unpaired) electrons. The first kappa shape index (κ1) is 11.3. The molecule has 0 unspecified atom stereocenters. The van der Waals surface area contributed by atoms with Gasteiger partial charge < -0.3 is 0 Å². The van der Waals surface area contributed by atoms with Gasteiger partial charge in [-0.05, 0) is 25.0 Å². The number of imide groups is 1. The lowest BCUT2D eigenvalue weighted by atomic mass is 10.1. The van der Waals surface area contributed by atoms with E-state index in [9.17, 15) is 9.59 Å². The van der Waals surface area contributed by atoms with E-state index < -0.39 is 0 Å². The Morgan fingerprint density at radius 3 is 2.19 bits per heavy atom. The van der Waals surface area contributed by atoms with Gasteiger partial charge in [-0.25, -0.2) is 0 Å². The Morgan fingerprint density at radius 1 is 1.12 bits per heavy atom. The van der Waals surface area contributed by atoms with Gasteiger partial charge >= 0.3 is 0 Å². The smallest absolute Gasteiger partial charge is 0.261 e. The highest BCUT2D eigenvalue weighted by molar-refractivity contribution is 9.09. The maximum atomic E-state index is 11.9. The minimum atomic E-state index is -0.213. The third-order valence-corrected chi connectivity index (χ3v) is 3.04. The first-order valence-corrected chi connectivity index (χ1v) is 6.24. The van der Waals surface area contributed by atoms with Crippen LogP contribution >= 0.6 is 15.9 Å². The normalized spacial score (nSPS) is 14.4. The zero-order valence-electron chi connectivity index (χ0n) is 8.65. The molecule has 0 aliphatic carbocycles. The summed E-state index contributed by atoms with van der Waals surface area (Å²) < 4.78 is 0. The van der Waals surface area contributed by atoms with Crippen molar-refractivity contribution in [1.29, 1.82) is 0 Å². The predicted octanol–water partition coefficient (Wildman–Crippen LogP) is 2.62. The van der Waals surface area contributed by atoms with E-state index >= 15 is 0 Å². The number of halogens is 1. The van der Waals surface area contributed by atoms with E-state index in [-0.39, 0.29) is 11.8 Å². The fraction of sp³-hybridized carbons (Fsp3) is 0.250.